The second-order valence-electron chi connectivity index (χ2n) is 9.85. The van der Waals surface area contributed by atoms with Crippen molar-refractivity contribution >= 4 is 5.97 Å². The normalized spacial score (nSPS) is 16.2. The summed E-state index contributed by atoms with van der Waals surface area (Å²) in [6.45, 7) is 3.72. The summed E-state index contributed by atoms with van der Waals surface area (Å²) in [5, 5.41) is 9.11. The zero-order chi connectivity index (χ0) is 25.6. The minimum atomic E-state index is -0.743. The molecule has 2 aliphatic rings. The SMILES string of the molecule is CCCOc1cc(-c2nc3c(o2)CCCC3)ccc1OCCCOc1ccc2c(c1)CC[C@H]2CC(=O)O. The number of aliphatic carboxylic acids is 1. The molecule has 1 heterocycles. The van der Waals surface area contributed by atoms with E-state index in [9.17, 15) is 4.79 Å². The zero-order valence-corrected chi connectivity index (χ0v) is 21.5. The lowest BCUT2D eigenvalue weighted by Crippen LogP contribution is -2.07. The van der Waals surface area contributed by atoms with Crippen LogP contribution >= 0.6 is 0 Å². The number of carbonyl (C=O) groups is 1. The van der Waals surface area contributed by atoms with E-state index in [0.717, 1.165) is 73.3 Å². The summed E-state index contributed by atoms with van der Waals surface area (Å²) in [6, 6.07) is 11.9. The Bertz CT molecular complexity index is 1210. The highest BCUT2D eigenvalue weighted by atomic mass is 16.5. The van der Waals surface area contributed by atoms with Gasteiger partial charge < -0.3 is 23.7 Å². The second kappa shape index (κ2) is 11.7. The summed E-state index contributed by atoms with van der Waals surface area (Å²) in [6.07, 6.45) is 7.87. The number of carboxylic acids is 1. The van der Waals surface area contributed by atoms with Gasteiger partial charge in [-0.25, -0.2) is 4.98 Å². The van der Waals surface area contributed by atoms with E-state index in [1.807, 2.05) is 36.4 Å². The molecule has 0 bridgehead atoms. The lowest BCUT2D eigenvalue weighted by Gasteiger charge is -2.14. The Hall–Kier alpha value is -3.48. The van der Waals surface area contributed by atoms with Crippen molar-refractivity contribution in [2.24, 2.45) is 0 Å². The number of hydrogen-bond acceptors (Lipinski definition) is 6. The fourth-order valence-corrected chi connectivity index (χ4v) is 5.19. The number of fused-ring (bicyclic) bond motifs is 2. The van der Waals surface area contributed by atoms with Crippen LogP contribution in [0, 0.1) is 0 Å². The van der Waals surface area contributed by atoms with E-state index in [1.54, 1.807) is 0 Å². The molecule has 5 rings (SSSR count). The van der Waals surface area contributed by atoms with E-state index in [1.165, 1.54) is 12.0 Å². The molecule has 0 amide bonds. The molecule has 1 aromatic heterocycles. The van der Waals surface area contributed by atoms with Crippen LogP contribution in [0.3, 0.4) is 0 Å². The van der Waals surface area contributed by atoms with Crippen molar-refractivity contribution in [1.29, 1.82) is 0 Å². The number of aryl methyl sites for hydroxylation is 3. The largest absolute Gasteiger partial charge is 0.493 e. The molecule has 1 N–H and O–H groups in total. The first-order valence-corrected chi connectivity index (χ1v) is 13.5. The van der Waals surface area contributed by atoms with Gasteiger partial charge in [0.15, 0.2) is 11.5 Å². The maximum atomic E-state index is 11.1. The van der Waals surface area contributed by atoms with Crippen molar-refractivity contribution < 1.29 is 28.5 Å². The minimum absolute atomic E-state index is 0.111. The molecular formula is C30H35NO6. The van der Waals surface area contributed by atoms with Crippen LogP contribution in [0.15, 0.2) is 40.8 Å². The number of rotatable bonds is 12. The minimum Gasteiger partial charge on any atom is -0.493 e. The molecule has 196 valence electrons. The first-order valence-electron chi connectivity index (χ1n) is 13.5. The van der Waals surface area contributed by atoms with Crippen LogP contribution in [-0.2, 0) is 24.1 Å². The Morgan fingerprint density at radius 1 is 1.00 bits per heavy atom. The van der Waals surface area contributed by atoms with Crippen molar-refractivity contribution in [3.8, 4) is 28.7 Å². The molecule has 2 aliphatic carbocycles. The molecule has 1 atom stereocenters. The van der Waals surface area contributed by atoms with Crippen molar-refractivity contribution in [3.63, 3.8) is 0 Å². The van der Waals surface area contributed by atoms with Crippen molar-refractivity contribution in [2.45, 2.75) is 70.6 Å². The Morgan fingerprint density at radius 3 is 2.68 bits per heavy atom. The van der Waals surface area contributed by atoms with Crippen LogP contribution in [0.1, 0.15) is 73.9 Å². The van der Waals surface area contributed by atoms with Gasteiger partial charge in [-0.2, -0.15) is 0 Å². The Balaban J connectivity index is 1.15. The van der Waals surface area contributed by atoms with E-state index in [-0.39, 0.29) is 12.3 Å². The third-order valence-corrected chi connectivity index (χ3v) is 7.05. The highest BCUT2D eigenvalue weighted by Crippen LogP contribution is 2.37. The van der Waals surface area contributed by atoms with E-state index in [0.29, 0.717) is 37.2 Å². The van der Waals surface area contributed by atoms with Crippen LogP contribution < -0.4 is 14.2 Å². The van der Waals surface area contributed by atoms with Crippen molar-refractivity contribution in [1.82, 2.24) is 4.98 Å². The lowest BCUT2D eigenvalue weighted by atomic mass is 9.98. The fourth-order valence-electron chi connectivity index (χ4n) is 5.19. The molecule has 0 aliphatic heterocycles. The molecule has 0 radical (unpaired) electrons. The number of aromatic nitrogens is 1. The van der Waals surface area contributed by atoms with Gasteiger partial charge in [-0.05, 0) is 85.9 Å². The maximum Gasteiger partial charge on any atom is 0.303 e. The molecule has 0 unspecified atom stereocenters. The van der Waals surface area contributed by atoms with Gasteiger partial charge >= 0.3 is 5.97 Å². The molecule has 7 heteroatoms. The summed E-state index contributed by atoms with van der Waals surface area (Å²) >= 11 is 0. The van der Waals surface area contributed by atoms with Gasteiger partial charge in [-0.15, -0.1) is 0 Å². The summed E-state index contributed by atoms with van der Waals surface area (Å²) in [7, 11) is 0. The van der Waals surface area contributed by atoms with E-state index >= 15 is 0 Å². The predicted octanol–water partition coefficient (Wildman–Crippen LogP) is 6.36. The van der Waals surface area contributed by atoms with Gasteiger partial charge in [-0.3, -0.25) is 4.79 Å². The van der Waals surface area contributed by atoms with Crippen molar-refractivity contribution in [2.75, 3.05) is 19.8 Å². The number of oxazole rings is 1. The van der Waals surface area contributed by atoms with E-state index in [4.69, 9.17) is 28.7 Å². The zero-order valence-electron chi connectivity index (χ0n) is 21.5. The van der Waals surface area contributed by atoms with Gasteiger partial charge in [0.2, 0.25) is 5.89 Å². The van der Waals surface area contributed by atoms with Gasteiger partial charge in [-0.1, -0.05) is 13.0 Å². The highest BCUT2D eigenvalue weighted by Gasteiger charge is 2.25. The quantitative estimate of drug-likeness (QED) is 0.286. The standard InChI is InChI=1S/C30H35NO6/c1-2-14-35-28-18-22(30-31-25-6-3-4-7-26(25)37-30)10-13-27(28)36-16-5-15-34-23-11-12-24-20(17-23)8-9-21(24)19-29(32)33/h10-13,17-18,21H,2-9,14-16,19H2,1H3,(H,32,33)/t21-/m0/s1. The molecule has 7 nitrogen and oxygen atoms in total. The molecule has 37 heavy (non-hydrogen) atoms. The first kappa shape index (κ1) is 25.2. The number of carboxylic acid groups (broad SMARTS) is 1. The number of benzene rings is 2. The first-order chi connectivity index (χ1) is 18.1. The Labute approximate surface area is 217 Å². The smallest absolute Gasteiger partial charge is 0.303 e. The average Bonchev–Trinajstić information content (AvgIpc) is 3.51. The van der Waals surface area contributed by atoms with Gasteiger partial charge in [0.05, 0.1) is 31.9 Å². The fraction of sp³-hybridized carbons (Fsp3) is 0.467. The second-order valence-corrected chi connectivity index (χ2v) is 9.85. The van der Waals surface area contributed by atoms with Crippen LogP contribution in [0.4, 0.5) is 0 Å². The van der Waals surface area contributed by atoms with Crippen LogP contribution in [0.5, 0.6) is 17.2 Å². The summed E-state index contributed by atoms with van der Waals surface area (Å²) < 4.78 is 24.0. The average molecular weight is 506 g/mol. The monoisotopic (exact) mass is 505 g/mol. The molecule has 0 fully saturated rings. The topological polar surface area (TPSA) is 91.0 Å². The molecular weight excluding hydrogens is 470 g/mol. The van der Waals surface area contributed by atoms with Gasteiger partial charge in [0.25, 0.3) is 0 Å². The van der Waals surface area contributed by atoms with E-state index in [2.05, 4.69) is 6.92 Å². The maximum absolute atomic E-state index is 11.1. The van der Waals surface area contributed by atoms with Crippen molar-refractivity contribution in [3.05, 3.63) is 59.0 Å². The molecule has 0 spiro atoms. The molecule has 3 aromatic rings. The van der Waals surface area contributed by atoms with Gasteiger partial charge in [0.1, 0.15) is 11.5 Å². The number of nitrogens with zero attached hydrogens (tertiary/aromatic N) is 1. The van der Waals surface area contributed by atoms with Crippen LogP contribution in [0.2, 0.25) is 0 Å². The number of hydrogen-bond donors (Lipinski definition) is 1. The van der Waals surface area contributed by atoms with Crippen LogP contribution in [-0.4, -0.2) is 35.9 Å². The van der Waals surface area contributed by atoms with Gasteiger partial charge in [0, 0.05) is 18.4 Å². The summed E-state index contributed by atoms with van der Waals surface area (Å²) in [5.74, 6) is 3.26. The Kier molecular flexibility index (Phi) is 7.97. The molecule has 0 saturated carbocycles. The molecule has 0 saturated heterocycles. The summed E-state index contributed by atoms with van der Waals surface area (Å²) in [5.41, 5.74) is 4.33. The third-order valence-electron chi connectivity index (χ3n) is 7.05. The number of ether oxygens (including phenoxy) is 3. The van der Waals surface area contributed by atoms with E-state index < -0.39 is 5.97 Å². The Morgan fingerprint density at radius 2 is 1.84 bits per heavy atom. The molecule has 2 aromatic carbocycles. The predicted molar refractivity (Wildman–Crippen MR) is 140 cm³/mol. The van der Waals surface area contributed by atoms with Crippen LogP contribution in [0.25, 0.3) is 11.5 Å². The lowest BCUT2D eigenvalue weighted by molar-refractivity contribution is -0.137. The highest BCUT2D eigenvalue weighted by molar-refractivity contribution is 5.68. The summed E-state index contributed by atoms with van der Waals surface area (Å²) in [4.78, 5) is 15.8. The third kappa shape index (κ3) is 6.09.